The molecule has 2 aliphatic rings. The number of hydrogen-bond acceptors (Lipinski definition) is 5. The van der Waals surface area contributed by atoms with Crippen molar-refractivity contribution in [3.63, 3.8) is 0 Å². The van der Waals surface area contributed by atoms with E-state index in [0.717, 1.165) is 32.0 Å². The molecule has 7 nitrogen and oxygen atoms in total. The first-order chi connectivity index (χ1) is 13.9. The molecule has 1 fully saturated rings. The van der Waals surface area contributed by atoms with Crippen molar-refractivity contribution in [2.45, 2.75) is 38.5 Å². The van der Waals surface area contributed by atoms with E-state index in [1.54, 1.807) is 13.0 Å². The lowest BCUT2D eigenvalue weighted by Crippen LogP contribution is -2.30. The number of fused-ring (bicyclic) bond motifs is 1. The second kappa shape index (κ2) is 7.79. The highest BCUT2D eigenvalue weighted by Crippen LogP contribution is 2.32. The minimum absolute atomic E-state index is 0.0951. The van der Waals surface area contributed by atoms with Gasteiger partial charge in [-0.3, -0.25) is 9.59 Å². The zero-order valence-electron chi connectivity index (χ0n) is 16.1. The number of carbonyl (C=O) groups is 2. The van der Waals surface area contributed by atoms with E-state index in [9.17, 15) is 18.8 Å². The fraction of sp³-hybridized carbons (Fsp3) is 0.381. The van der Waals surface area contributed by atoms with Gasteiger partial charge in [-0.25, -0.2) is 9.18 Å². The quantitative estimate of drug-likeness (QED) is 0.737. The van der Waals surface area contributed by atoms with Crippen LogP contribution in [0.15, 0.2) is 27.4 Å². The lowest BCUT2D eigenvalue weighted by atomic mass is 9.95. The Balaban J connectivity index is 1.63. The van der Waals surface area contributed by atoms with Crippen LogP contribution in [0.3, 0.4) is 0 Å². The van der Waals surface area contributed by atoms with Gasteiger partial charge in [-0.1, -0.05) is 0 Å². The minimum atomic E-state index is -0.725. The first-order valence-electron chi connectivity index (χ1n) is 9.71. The molecule has 2 amide bonds. The number of rotatable bonds is 3. The summed E-state index contributed by atoms with van der Waals surface area (Å²) < 4.78 is 19.4. The smallest absolute Gasteiger partial charge is 0.349 e. The van der Waals surface area contributed by atoms with Gasteiger partial charge in [0.15, 0.2) is 0 Å². The normalized spacial score (nSPS) is 18.7. The van der Waals surface area contributed by atoms with Crippen LogP contribution in [0.5, 0.6) is 0 Å². The monoisotopic (exact) mass is 399 g/mol. The number of nitrogens with one attached hydrogen (secondary N) is 3. The maximum atomic E-state index is 14.0. The van der Waals surface area contributed by atoms with Gasteiger partial charge >= 0.3 is 5.63 Å². The zero-order chi connectivity index (χ0) is 20.5. The SMILES string of the molecule is Cc1cc(C2CCCNC2)oc(=O)c1C(=O)Nc1cc(F)cc2c1NC(=O)CC2. The molecule has 8 heteroatoms. The number of anilines is 2. The van der Waals surface area contributed by atoms with Crippen molar-refractivity contribution in [3.8, 4) is 0 Å². The van der Waals surface area contributed by atoms with E-state index < -0.39 is 17.3 Å². The van der Waals surface area contributed by atoms with Crippen LogP contribution >= 0.6 is 0 Å². The summed E-state index contributed by atoms with van der Waals surface area (Å²) in [5.74, 6) is -0.776. The van der Waals surface area contributed by atoms with Crippen LogP contribution < -0.4 is 21.6 Å². The molecule has 3 N–H and O–H groups in total. The molecule has 1 saturated heterocycles. The minimum Gasteiger partial charge on any atom is -0.427 e. The second-order valence-electron chi connectivity index (χ2n) is 7.53. The van der Waals surface area contributed by atoms with Crippen LogP contribution in [0.2, 0.25) is 0 Å². The van der Waals surface area contributed by atoms with Crippen LogP contribution in [-0.4, -0.2) is 24.9 Å². The predicted octanol–water partition coefficient (Wildman–Crippen LogP) is 2.69. The average molecular weight is 399 g/mol. The summed E-state index contributed by atoms with van der Waals surface area (Å²) in [4.78, 5) is 37.1. The largest absolute Gasteiger partial charge is 0.427 e. The summed E-state index contributed by atoms with van der Waals surface area (Å²) in [6.45, 7) is 3.34. The van der Waals surface area contributed by atoms with Crippen molar-refractivity contribution in [3.05, 3.63) is 56.9 Å². The van der Waals surface area contributed by atoms with Crippen LogP contribution in [0, 0.1) is 12.7 Å². The molecule has 29 heavy (non-hydrogen) atoms. The highest BCUT2D eigenvalue weighted by Gasteiger charge is 2.25. The Kier molecular flexibility index (Phi) is 5.19. The number of amides is 2. The fourth-order valence-corrected chi connectivity index (χ4v) is 3.94. The molecule has 0 saturated carbocycles. The highest BCUT2D eigenvalue weighted by molar-refractivity contribution is 6.08. The van der Waals surface area contributed by atoms with Gasteiger partial charge in [0.05, 0.1) is 11.4 Å². The van der Waals surface area contributed by atoms with E-state index in [4.69, 9.17) is 4.42 Å². The third kappa shape index (κ3) is 3.93. The zero-order valence-corrected chi connectivity index (χ0v) is 16.1. The molecule has 4 rings (SSSR count). The van der Waals surface area contributed by atoms with Gasteiger partial charge < -0.3 is 20.4 Å². The Hall–Kier alpha value is -3.00. The maximum Gasteiger partial charge on any atom is 0.349 e. The van der Waals surface area contributed by atoms with E-state index in [1.807, 2.05) is 0 Å². The molecular formula is C21H22FN3O4. The van der Waals surface area contributed by atoms with E-state index in [1.165, 1.54) is 6.07 Å². The number of carbonyl (C=O) groups excluding carboxylic acids is 2. The molecule has 0 radical (unpaired) electrons. The van der Waals surface area contributed by atoms with Gasteiger partial charge in [0.25, 0.3) is 5.91 Å². The molecule has 1 unspecified atom stereocenters. The number of halogens is 1. The van der Waals surface area contributed by atoms with Gasteiger partial charge in [0.1, 0.15) is 17.1 Å². The van der Waals surface area contributed by atoms with Crippen LogP contribution in [0.1, 0.15) is 52.4 Å². The number of piperidine rings is 1. The molecule has 1 aromatic heterocycles. The first-order valence-corrected chi connectivity index (χ1v) is 9.71. The van der Waals surface area contributed by atoms with Crippen molar-refractivity contribution in [2.24, 2.45) is 0 Å². The number of benzene rings is 1. The van der Waals surface area contributed by atoms with E-state index in [0.29, 0.717) is 29.0 Å². The molecule has 0 aliphatic carbocycles. The number of aryl methyl sites for hydroxylation is 2. The molecular weight excluding hydrogens is 377 g/mol. The molecule has 2 aromatic rings. The summed E-state index contributed by atoms with van der Waals surface area (Å²) in [7, 11) is 0. The van der Waals surface area contributed by atoms with Crippen molar-refractivity contribution in [2.75, 3.05) is 23.7 Å². The summed E-state index contributed by atoms with van der Waals surface area (Å²) >= 11 is 0. The lowest BCUT2D eigenvalue weighted by Gasteiger charge is -2.22. The molecule has 2 aliphatic heterocycles. The third-order valence-electron chi connectivity index (χ3n) is 5.41. The molecule has 1 aromatic carbocycles. The molecule has 0 bridgehead atoms. The van der Waals surface area contributed by atoms with E-state index >= 15 is 0 Å². The second-order valence-corrected chi connectivity index (χ2v) is 7.53. The Morgan fingerprint density at radius 1 is 1.24 bits per heavy atom. The van der Waals surface area contributed by atoms with Crippen molar-refractivity contribution in [1.82, 2.24) is 5.32 Å². The van der Waals surface area contributed by atoms with Gasteiger partial charge in [-0.15, -0.1) is 0 Å². The molecule has 152 valence electrons. The first kappa shape index (κ1) is 19.3. The predicted molar refractivity (Wildman–Crippen MR) is 106 cm³/mol. The number of hydrogen-bond donors (Lipinski definition) is 3. The van der Waals surface area contributed by atoms with Crippen molar-refractivity contribution < 1.29 is 18.4 Å². The molecule has 1 atom stereocenters. The summed E-state index contributed by atoms with van der Waals surface area (Å²) in [6.07, 6.45) is 2.54. The third-order valence-corrected chi connectivity index (χ3v) is 5.41. The van der Waals surface area contributed by atoms with Gasteiger partial charge in [-0.05, 0) is 62.1 Å². The molecule has 0 spiro atoms. The Morgan fingerprint density at radius 3 is 2.79 bits per heavy atom. The van der Waals surface area contributed by atoms with Crippen LogP contribution in [0.25, 0.3) is 0 Å². The fourth-order valence-electron chi connectivity index (χ4n) is 3.94. The Labute approximate surface area is 166 Å². The summed E-state index contributed by atoms with van der Waals surface area (Å²) in [5.41, 5.74) is 0.729. The Morgan fingerprint density at radius 2 is 2.07 bits per heavy atom. The summed E-state index contributed by atoms with van der Waals surface area (Å²) in [5, 5.41) is 8.50. The molecule has 3 heterocycles. The van der Waals surface area contributed by atoms with Crippen LogP contribution in [-0.2, 0) is 11.2 Å². The average Bonchev–Trinajstić information content (AvgIpc) is 2.68. The highest BCUT2D eigenvalue weighted by atomic mass is 19.1. The van der Waals surface area contributed by atoms with Gasteiger partial charge in [-0.2, -0.15) is 0 Å². The lowest BCUT2D eigenvalue weighted by molar-refractivity contribution is -0.116. The van der Waals surface area contributed by atoms with E-state index in [-0.39, 0.29) is 29.5 Å². The van der Waals surface area contributed by atoms with Crippen LogP contribution in [0.4, 0.5) is 15.8 Å². The Bertz CT molecular complexity index is 1040. The van der Waals surface area contributed by atoms with Crippen molar-refractivity contribution in [1.29, 1.82) is 0 Å². The maximum absolute atomic E-state index is 14.0. The standard InChI is InChI=1S/C21H22FN3O4/c1-11-7-16(13-3-2-6-23-10-13)29-21(28)18(11)20(27)24-15-9-14(22)8-12-4-5-17(26)25-19(12)15/h7-9,13,23H,2-6,10H2,1H3,(H,24,27)(H,25,26). The van der Waals surface area contributed by atoms with Gasteiger partial charge in [0.2, 0.25) is 5.91 Å². The topological polar surface area (TPSA) is 100 Å². The van der Waals surface area contributed by atoms with Gasteiger partial charge in [0, 0.05) is 18.9 Å². The summed E-state index contributed by atoms with van der Waals surface area (Å²) in [6, 6.07) is 4.18. The van der Waals surface area contributed by atoms with E-state index in [2.05, 4.69) is 16.0 Å². The van der Waals surface area contributed by atoms with Crippen molar-refractivity contribution >= 4 is 23.2 Å².